The van der Waals surface area contributed by atoms with Gasteiger partial charge in [0.25, 0.3) is 0 Å². The third-order valence-corrected chi connectivity index (χ3v) is 5.74. The van der Waals surface area contributed by atoms with Crippen LogP contribution < -0.4 is 0 Å². The van der Waals surface area contributed by atoms with Crippen LogP contribution in [0.15, 0.2) is 114 Å². The number of para-hydroxylation sites is 1. The van der Waals surface area contributed by atoms with Crippen molar-refractivity contribution in [2.75, 3.05) is 0 Å². The van der Waals surface area contributed by atoms with E-state index in [1.54, 1.807) is 0 Å². The van der Waals surface area contributed by atoms with Gasteiger partial charge < -0.3 is 4.42 Å². The van der Waals surface area contributed by atoms with Crippen molar-refractivity contribution in [3.63, 3.8) is 0 Å². The van der Waals surface area contributed by atoms with Crippen LogP contribution in [0.25, 0.3) is 39.0 Å². The lowest BCUT2D eigenvalue weighted by atomic mass is 10.0. The molecule has 0 aliphatic heterocycles. The number of hydrogen-bond donors (Lipinski definition) is 0. The maximum atomic E-state index is 5.97. The Bertz CT molecular complexity index is 1490. The zero-order chi connectivity index (χ0) is 20.6. The van der Waals surface area contributed by atoms with E-state index in [0.29, 0.717) is 0 Å². The molecular formula is C28H20N2O. The SMILES string of the molecule is c1ccc(Cc2ccc(-n3ccnc3-c3ccc4oc5ccccc5c4c3)cc2)cc1. The zero-order valence-corrected chi connectivity index (χ0v) is 16.9. The van der Waals surface area contributed by atoms with Gasteiger partial charge in [0.1, 0.15) is 17.0 Å². The Balaban J connectivity index is 1.36. The van der Waals surface area contributed by atoms with Crippen molar-refractivity contribution in [3.8, 4) is 17.1 Å². The molecule has 148 valence electrons. The molecule has 0 aliphatic carbocycles. The van der Waals surface area contributed by atoms with Gasteiger partial charge in [-0.05, 0) is 53.9 Å². The van der Waals surface area contributed by atoms with Gasteiger partial charge in [-0.2, -0.15) is 0 Å². The first kappa shape index (κ1) is 17.7. The van der Waals surface area contributed by atoms with E-state index >= 15 is 0 Å². The van der Waals surface area contributed by atoms with Gasteiger partial charge >= 0.3 is 0 Å². The lowest BCUT2D eigenvalue weighted by molar-refractivity contribution is 0.669. The molecule has 0 fully saturated rings. The molecule has 6 aromatic rings. The summed E-state index contributed by atoms with van der Waals surface area (Å²) in [7, 11) is 0. The molecule has 0 N–H and O–H groups in total. The first-order valence-electron chi connectivity index (χ1n) is 10.4. The Morgan fingerprint density at radius 2 is 1.42 bits per heavy atom. The first-order valence-corrected chi connectivity index (χ1v) is 10.4. The quantitative estimate of drug-likeness (QED) is 0.318. The molecule has 6 rings (SSSR count). The number of rotatable bonds is 4. The Morgan fingerprint density at radius 1 is 0.677 bits per heavy atom. The van der Waals surface area contributed by atoms with Gasteiger partial charge in [0.15, 0.2) is 0 Å². The Kier molecular flexibility index (Phi) is 4.17. The number of benzene rings is 4. The molecule has 0 bridgehead atoms. The molecule has 0 unspecified atom stereocenters. The lowest BCUT2D eigenvalue weighted by Crippen LogP contribution is -1.97. The van der Waals surface area contributed by atoms with Crippen LogP contribution in [0, 0.1) is 0 Å². The molecule has 0 saturated carbocycles. The minimum atomic E-state index is 0.897. The zero-order valence-electron chi connectivity index (χ0n) is 16.9. The van der Waals surface area contributed by atoms with Crippen molar-refractivity contribution >= 4 is 21.9 Å². The topological polar surface area (TPSA) is 31.0 Å². The Hall–Kier alpha value is -4.11. The molecule has 3 nitrogen and oxygen atoms in total. The van der Waals surface area contributed by atoms with Crippen molar-refractivity contribution < 1.29 is 4.42 Å². The minimum absolute atomic E-state index is 0.897. The van der Waals surface area contributed by atoms with Gasteiger partial charge in [0.2, 0.25) is 0 Å². The molecule has 0 saturated heterocycles. The summed E-state index contributed by atoms with van der Waals surface area (Å²) in [6.07, 6.45) is 4.80. The molecule has 0 spiro atoms. The number of imidazole rings is 1. The third kappa shape index (κ3) is 3.21. The molecule has 0 radical (unpaired) electrons. The first-order chi connectivity index (χ1) is 15.3. The molecule has 0 aliphatic rings. The van der Waals surface area contributed by atoms with Crippen LogP contribution in [0.5, 0.6) is 0 Å². The third-order valence-electron chi connectivity index (χ3n) is 5.74. The second-order valence-electron chi connectivity index (χ2n) is 7.76. The summed E-state index contributed by atoms with van der Waals surface area (Å²) in [6, 6.07) is 33.7. The van der Waals surface area contributed by atoms with Gasteiger partial charge in [-0.15, -0.1) is 0 Å². The average Bonchev–Trinajstić information content (AvgIpc) is 3.45. The molecular weight excluding hydrogens is 380 g/mol. The van der Waals surface area contributed by atoms with Crippen LogP contribution >= 0.6 is 0 Å². The monoisotopic (exact) mass is 400 g/mol. The van der Waals surface area contributed by atoms with E-state index in [9.17, 15) is 0 Å². The lowest BCUT2D eigenvalue weighted by Gasteiger charge is -2.09. The fourth-order valence-electron chi connectivity index (χ4n) is 4.20. The Labute approximate surface area is 180 Å². The van der Waals surface area contributed by atoms with Gasteiger partial charge in [-0.1, -0.05) is 60.7 Å². The van der Waals surface area contributed by atoms with E-state index in [4.69, 9.17) is 4.42 Å². The highest BCUT2D eigenvalue weighted by molar-refractivity contribution is 6.06. The molecule has 31 heavy (non-hydrogen) atoms. The van der Waals surface area contributed by atoms with Gasteiger partial charge in [-0.25, -0.2) is 4.98 Å². The number of furan rings is 1. The Morgan fingerprint density at radius 3 is 2.29 bits per heavy atom. The van der Waals surface area contributed by atoms with Crippen molar-refractivity contribution in [1.82, 2.24) is 9.55 Å². The number of hydrogen-bond acceptors (Lipinski definition) is 2. The highest BCUT2D eigenvalue weighted by atomic mass is 16.3. The van der Waals surface area contributed by atoms with Crippen LogP contribution in [-0.2, 0) is 6.42 Å². The van der Waals surface area contributed by atoms with E-state index in [1.807, 2.05) is 36.7 Å². The number of nitrogens with zero attached hydrogens (tertiary/aromatic N) is 2. The van der Waals surface area contributed by atoms with Crippen molar-refractivity contribution in [2.24, 2.45) is 0 Å². The molecule has 2 heterocycles. The summed E-state index contributed by atoms with van der Waals surface area (Å²) in [5.41, 5.74) is 6.58. The predicted octanol–water partition coefficient (Wildman–Crippen LogP) is 7.03. The van der Waals surface area contributed by atoms with E-state index in [2.05, 4.69) is 82.3 Å². The maximum absolute atomic E-state index is 5.97. The average molecular weight is 400 g/mol. The summed E-state index contributed by atoms with van der Waals surface area (Å²) < 4.78 is 8.11. The fraction of sp³-hybridized carbons (Fsp3) is 0.0357. The van der Waals surface area contributed by atoms with E-state index in [1.165, 1.54) is 11.1 Å². The molecule has 4 aromatic carbocycles. The molecule has 3 heteroatoms. The highest BCUT2D eigenvalue weighted by Crippen LogP contribution is 2.32. The van der Waals surface area contributed by atoms with Crippen LogP contribution in [0.2, 0.25) is 0 Å². The number of fused-ring (bicyclic) bond motifs is 3. The summed E-state index contributed by atoms with van der Waals surface area (Å²) in [5.74, 6) is 0.919. The summed E-state index contributed by atoms with van der Waals surface area (Å²) in [5, 5.41) is 2.24. The van der Waals surface area contributed by atoms with Crippen LogP contribution in [-0.4, -0.2) is 9.55 Å². The van der Waals surface area contributed by atoms with Gasteiger partial charge in [-0.3, -0.25) is 4.57 Å². The minimum Gasteiger partial charge on any atom is -0.456 e. The van der Waals surface area contributed by atoms with Crippen molar-refractivity contribution in [1.29, 1.82) is 0 Å². The normalized spacial score (nSPS) is 11.4. The smallest absolute Gasteiger partial charge is 0.144 e. The predicted molar refractivity (Wildman–Crippen MR) is 126 cm³/mol. The van der Waals surface area contributed by atoms with Crippen molar-refractivity contribution in [3.05, 3.63) is 121 Å². The summed E-state index contributed by atoms with van der Waals surface area (Å²) in [6.45, 7) is 0. The van der Waals surface area contributed by atoms with Crippen LogP contribution in [0.3, 0.4) is 0 Å². The van der Waals surface area contributed by atoms with E-state index < -0.39 is 0 Å². The van der Waals surface area contributed by atoms with E-state index in [-0.39, 0.29) is 0 Å². The largest absolute Gasteiger partial charge is 0.456 e. The van der Waals surface area contributed by atoms with E-state index in [0.717, 1.165) is 45.4 Å². The highest BCUT2D eigenvalue weighted by Gasteiger charge is 2.12. The maximum Gasteiger partial charge on any atom is 0.144 e. The molecule has 0 amide bonds. The number of aromatic nitrogens is 2. The van der Waals surface area contributed by atoms with Gasteiger partial charge in [0, 0.05) is 34.4 Å². The fourth-order valence-corrected chi connectivity index (χ4v) is 4.20. The molecule has 2 aromatic heterocycles. The molecule has 0 atom stereocenters. The van der Waals surface area contributed by atoms with Crippen molar-refractivity contribution in [2.45, 2.75) is 6.42 Å². The standard InChI is InChI=1S/C28H20N2O/c1-2-6-20(7-3-1)18-21-10-13-23(14-11-21)30-17-16-29-28(30)22-12-15-27-25(19-22)24-8-4-5-9-26(24)31-27/h1-17,19H,18H2. The van der Waals surface area contributed by atoms with Gasteiger partial charge in [0.05, 0.1) is 0 Å². The second kappa shape index (κ2) is 7.29. The summed E-state index contributed by atoms with van der Waals surface area (Å²) >= 11 is 0. The second-order valence-corrected chi connectivity index (χ2v) is 7.76. The summed E-state index contributed by atoms with van der Waals surface area (Å²) in [4.78, 5) is 4.66. The van der Waals surface area contributed by atoms with Crippen LogP contribution in [0.4, 0.5) is 0 Å². The van der Waals surface area contributed by atoms with Crippen LogP contribution in [0.1, 0.15) is 11.1 Å².